The third kappa shape index (κ3) is 3.78. The minimum atomic E-state index is -0.0845. The molecule has 5 heteroatoms. The van der Waals surface area contributed by atoms with Gasteiger partial charge in [-0.25, -0.2) is 0 Å². The van der Waals surface area contributed by atoms with Crippen LogP contribution in [0.25, 0.3) is 0 Å². The van der Waals surface area contributed by atoms with Gasteiger partial charge in [-0.05, 0) is 24.3 Å². The van der Waals surface area contributed by atoms with Gasteiger partial charge in [-0.2, -0.15) is 0 Å². The predicted molar refractivity (Wildman–Crippen MR) is 78.9 cm³/mol. The average molecular weight is 289 g/mol. The Hall–Kier alpha value is -2.43. The van der Waals surface area contributed by atoms with Gasteiger partial charge < -0.3 is 18.8 Å². The largest absolute Gasteiger partial charge is 0.497 e. The predicted octanol–water partition coefficient (Wildman–Crippen LogP) is 2.61. The zero-order valence-corrected chi connectivity index (χ0v) is 12.5. The molecule has 5 nitrogen and oxygen atoms in total. The first-order valence-corrected chi connectivity index (χ1v) is 6.65. The van der Waals surface area contributed by atoms with Gasteiger partial charge in [0, 0.05) is 31.6 Å². The highest BCUT2D eigenvalue weighted by atomic mass is 16.5. The maximum Gasteiger partial charge on any atom is 0.253 e. The van der Waals surface area contributed by atoms with E-state index in [0.29, 0.717) is 30.0 Å². The molecule has 0 aliphatic carbocycles. The number of amides is 1. The van der Waals surface area contributed by atoms with E-state index in [9.17, 15) is 4.79 Å². The van der Waals surface area contributed by atoms with Gasteiger partial charge in [-0.1, -0.05) is 0 Å². The highest BCUT2D eigenvalue weighted by Gasteiger charge is 2.14. The summed E-state index contributed by atoms with van der Waals surface area (Å²) in [6.07, 6.45) is 2.31. The summed E-state index contributed by atoms with van der Waals surface area (Å²) in [7, 11) is 4.88. The lowest BCUT2D eigenvalue weighted by Crippen LogP contribution is -2.28. The summed E-state index contributed by atoms with van der Waals surface area (Å²) < 4.78 is 15.6. The second-order valence-electron chi connectivity index (χ2n) is 4.66. The second kappa shape index (κ2) is 6.83. The van der Waals surface area contributed by atoms with Gasteiger partial charge in [0.1, 0.15) is 17.3 Å². The molecule has 0 saturated heterocycles. The fourth-order valence-electron chi connectivity index (χ4n) is 1.99. The minimum absolute atomic E-state index is 0.0845. The molecule has 0 bridgehead atoms. The Kier molecular flexibility index (Phi) is 4.87. The first kappa shape index (κ1) is 15.0. The van der Waals surface area contributed by atoms with Crippen LogP contribution in [0.15, 0.2) is 41.0 Å². The van der Waals surface area contributed by atoms with Crippen molar-refractivity contribution in [3.8, 4) is 11.5 Å². The van der Waals surface area contributed by atoms with E-state index in [0.717, 1.165) is 5.76 Å². The molecule has 0 atom stereocenters. The molecule has 0 saturated carbocycles. The first-order valence-electron chi connectivity index (χ1n) is 6.65. The van der Waals surface area contributed by atoms with Gasteiger partial charge in [0.25, 0.3) is 5.91 Å². The highest BCUT2D eigenvalue weighted by Crippen LogP contribution is 2.23. The normalized spacial score (nSPS) is 10.2. The minimum Gasteiger partial charge on any atom is -0.497 e. The smallest absolute Gasteiger partial charge is 0.253 e. The van der Waals surface area contributed by atoms with Crippen molar-refractivity contribution in [2.24, 2.45) is 0 Å². The molecule has 1 aromatic carbocycles. The SMILES string of the molecule is COc1cc(OC)cc(C(=O)N(C)CCc2ccco2)c1. The summed E-state index contributed by atoms with van der Waals surface area (Å²) in [6.45, 7) is 0.575. The van der Waals surface area contributed by atoms with Crippen LogP contribution in [0.3, 0.4) is 0 Å². The number of nitrogens with zero attached hydrogens (tertiary/aromatic N) is 1. The van der Waals surface area contributed by atoms with Crippen molar-refractivity contribution in [1.82, 2.24) is 4.90 Å². The van der Waals surface area contributed by atoms with E-state index < -0.39 is 0 Å². The van der Waals surface area contributed by atoms with Gasteiger partial charge >= 0.3 is 0 Å². The molecule has 0 aliphatic rings. The van der Waals surface area contributed by atoms with E-state index in [1.165, 1.54) is 0 Å². The van der Waals surface area contributed by atoms with Crippen LogP contribution in [0, 0.1) is 0 Å². The van der Waals surface area contributed by atoms with Crippen molar-refractivity contribution in [1.29, 1.82) is 0 Å². The number of rotatable bonds is 6. The van der Waals surface area contributed by atoms with Crippen LogP contribution >= 0.6 is 0 Å². The fraction of sp³-hybridized carbons (Fsp3) is 0.312. The van der Waals surface area contributed by atoms with Crippen molar-refractivity contribution in [2.75, 3.05) is 27.8 Å². The third-order valence-electron chi connectivity index (χ3n) is 3.22. The molecular formula is C16H19NO4. The number of ether oxygens (including phenoxy) is 2. The Morgan fingerprint density at radius 2 is 1.86 bits per heavy atom. The van der Waals surface area contributed by atoms with Crippen LogP contribution in [0.1, 0.15) is 16.1 Å². The summed E-state index contributed by atoms with van der Waals surface area (Å²) in [5.74, 6) is 1.96. The summed E-state index contributed by atoms with van der Waals surface area (Å²) in [4.78, 5) is 14.1. The number of carbonyl (C=O) groups is 1. The van der Waals surface area contributed by atoms with Gasteiger partial charge in [0.15, 0.2) is 0 Å². The van der Waals surface area contributed by atoms with Crippen LogP contribution in [-0.4, -0.2) is 38.6 Å². The lowest BCUT2D eigenvalue weighted by Gasteiger charge is -2.17. The molecule has 1 heterocycles. The van der Waals surface area contributed by atoms with Crippen molar-refractivity contribution in [3.05, 3.63) is 47.9 Å². The summed E-state index contributed by atoms with van der Waals surface area (Å²) in [5.41, 5.74) is 0.535. The Morgan fingerprint density at radius 1 is 1.19 bits per heavy atom. The van der Waals surface area contributed by atoms with E-state index in [2.05, 4.69) is 0 Å². The molecule has 2 rings (SSSR count). The maximum atomic E-state index is 12.4. The zero-order chi connectivity index (χ0) is 15.2. The molecule has 0 aliphatic heterocycles. The van der Waals surface area contributed by atoms with Crippen molar-refractivity contribution >= 4 is 5.91 Å². The molecule has 0 spiro atoms. The van der Waals surface area contributed by atoms with Crippen molar-refractivity contribution in [3.63, 3.8) is 0 Å². The zero-order valence-electron chi connectivity index (χ0n) is 12.5. The maximum absolute atomic E-state index is 12.4. The van der Waals surface area contributed by atoms with E-state index in [-0.39, 0.29) is 5.91 Å². The number of benzene rings is 1. The summed E-state index contributed by atoms with van der Waals surface area (Å²) >= 11 is 0. The van der Waals surface area contributed by atoms with Crippen molar-refractivity contribution < 1.29 is 18.7 Å². The average Bonchev–Trinajstić information content (AvgIpc) is 3.04. The first-order chi connectivity index (χ1) is 10.1. The number of likely N-dealkylation sites (N-methyl/N-ethyl adjacent to an activating group) is 1. The molecule has 2 aromatic rings. The Morgan fingerprint density at radius 3 is 2.38 bits per heavy atom. The molecule has 0 unspecified atom stereocenters. The Bertz CT molecular complexity index is 570. The number of furan rings is 1. The molecular weight excluding hydrogens is 270 g/mol. The van der Waals surface area contributed by atoms with Gasteiger partial charge in [0.05, 0.1) is 20.5 Å². The van der Waals surface area contributed by atoms with Gasteiger partial charge in [-0.15, -0.1) is 0 Å². The van der Waals surface area contributed by atoms with Crippen LogP contribution in [0.4, 0.5) is 0 Å². The summed E-state index contributed by atoms with van der Waals surface area (Å²) in [5, 5.41) is 0. The van der Waals surface area contributed by atoms with Crippen LogP contribution in [-0.2, 0) is 6.42 Å². The molecule has 1 aromatic heterocycles. The molecule has 1 amide bonds. The number of methoxy groups -OCH3 is 2. The molecule has 0 radical (unpaired) electrons. The molecule has 21 heavy (non-hydrogen) atoms. The second-order valence-corrected chi connectivity index (χ2v) is 4.66. The van der Waals surface area contributed by atoms with E-state index in [1.807, 2.05) is 12.1 Å². The Labute approximate surface area is 124 Å². The fourth-order valence-corrected chi connectivity index (χ4v) is 1.99. The monoisotopic (exact) mass is 289 g/mol. The Balaban J connectivity index is 2.07. The lowest BCUT2D eigenvalue weighted by molar-refractivity contribution is 0.0794. The summed E-state index contributed by atoms with van der Waals surface area (Å²) in [6, 6.07) is 8.87. The molecule has 112 valence electrons. The van der Waals surface area contributed by atoms with E-state index in [4.69, 9.17) is 13.9 Å². The van der Waals surface area contributed by atoms with Crippen LogP contribution < -0.4 is 9.47 Å². The third-order valence-corrected chi connectivity index (χ3v) is 3.22. The van der Waals surface area contributed by atoms with E-state index in [1.54, 1.807) is 50.6 Å². The van der Waals surface area contributed by atoms with E-state index >= 15 is 0 Å². The topological polar surface area (TPSA) is 51.9 Å². The molecule has 0 fully saturated rings. The quantitative estimate of drug-likeness (QED) is 0.820. The highest BCUT2D eigenvalue weighted by molar-refractivity contribution is 5.95. The van der Waals surface area contributed by atoms with Crippen LogP contribution in [0.2, 0.25) is 0 Å². The number of hydrogen-bond donors (Lipinski definition) is 0. The number of hydrogen-bond acceptors (Lipinski definition) is 4. The molecule has 0 N–H and O–H groups in total. The van der Waals surface area contributed by atoms with Gasteiger partial charge in [0.2, 0.25) is 0 Å². The number of carbonyl (C=O) groups excluding carboxylic acids is 1. The lowest BCUT2D eigenvalue weighted by atomic mass is 10.1. The van der Waals surface area contributed by atoms with Crippen molar-refractivity contribution in [2.45, 2.75) is 6.42 Å². The van der Waals surface area contributed by atoms with Gasteiger partial charge in [-0.3, -0.25) is 4.79 Å². The van der Waals surface area contributed by atoms with Crippen LogP contribution in [0.5, 0.6) is 11.5 Å². The standard InChI is InChI=1S/C16H19NO4/c1-17(7-6-13-5-4-8-21-13)16(18)12-9-14(19-2)11-15(10-12)20-3/h4-5,8-11H,6-7H2,1-3H3.